The lowest BCUT2D eigenvalue weighted by molar-refractivity contribution is 0.103. The molecule has 106 valence electrons. The summed E-state index contributed by atoms with van der Waals surface area (Å²) in [4.78, 5) is 16.8. The summed E-state index contributed by atoms with van der Waals surface area (Å²) in [7, 11) is 0. The number of aryl methyl sites for hydroxylation is 1. The molecule has 21 heavy (non-hydrogen) atoms. The number of nitrogens with zero attached hydrogens (tertiary/aromatic N) is 2. The highest BCUT2D eigenvalue weighted by Gasteiger charge is 2.20. The number of carbonyl (C=O) groups excluding carboxylic acids is 1. The van der Waals surface area contributed by atoms with Gasteiger partial charge in [0.15, 0.2) is 0 Å². The van der Waals surface area contributed by atoms with Crippen molar-refractivity contribution < 1.29 is 9.18 Å². The first-order valence-electron chi connectivity index (χ1n) is 6.08. The number of pyridine rings is 1. The first-order chi connectivity index (χ1) is 9.99. The molecule has 0 atom stereocenters. The van der Waals surface area contributed by atoms with Crippen molar-refractivity contribution >= 4 is 38.3 Å². The van der Waals surface area contributed by atoms with Crippen LogP contribution in [0.4, 0.5) is 10.1 Å². The lowest BCUT2D eigenvalue weighted by Crippen LogP contribution is -2.09. The number of halogens is 2. The zero-order valence-corrected chi connectivity index (χ0v) is 12.5. The number of benzene rings is 1. The van der Waals surface area contributed by atoms with Crippen molar-refractivity contribution in [1.82, 2.24) is 15.2 Å². The molecule has 2 aromatic heterocycles. The molecule has 0 radical (unpaired) electrons. The van der Waals surface area contributed by atoms with Gasteiger partial charge >= 0.3 is 0 Å². The zero-order valence-electron chi connectivity index (χ0n) is 10.9. The maximum atomic E-state index is 13.6. The van der Waals surface area contributed by atoms with Crippen molar-refractivity contribution in [2.75, 3.05) is 5.73 Å². The van der Waals surface area contributed by atoms with Crippen molar-refractivity contribution in [3.63, 3.8) is 0 Å². The number of aromatic amines is 1. The van der Waals surface area contributed by atoms with Crippen LogP contribution in [0.2, 0.25) is 0 Å². The first kappa shape index (κ1) is 13.7. The number of fused-ring (bicyclic) bond motifs is 1. The van der Waals surface area contributed by atoms with Crippen molar-refractivity contribution in [3.05, 3.63) is 51.6 Å². The van der Waals surface area contributed by atoms with E-state index in [4.69, 9.17) is 5.73 Å². The van der Waals surface area contributed by atoms with Gasteiger partial charge in [-0.1, -0.05) is 0 Å². The minimum absolute atomic E-state index is 0.126. The maximum Gasteiger partial charge on any atom is 0.214 e. The number of H-pyrrole nitrogens is 1. The first-order valence-corrected chi connectivity index (χ1v) is 6.87. The Kier molecular flexibility index (Phi) is 3.21. The number of ketones is 1. The topological polar surface area (TPSA) is 84.7 Å². The molecule has 0 fully saturated rings. The highest BCUT2D eigenvalue weighted by Crippen LogP contribution is 2.25. The number of carbonyl (C=O) groups is 1. The van der Waals surface area contributed by atoms with Crippen molar-refractivity contribution in [2.45, 2.75) is 6.92 Å². The minimum Gasteiger partial charge on any atom is -0.397 e. The third kappa shape index (κ3) is 2.19. The van der Waals surface area contributed by atoms with Gasteiger partial charge in [-0.15, -0.1) is 0 Å². The number of nitrogens with two attached hydrogens (primary N) is 1. The van der Waals surface area contributed by atoms with Crippen LogP contribution in [0.3, 0.4) is 0 Å². The van der Waals surface area contributed by atoms with E-state index in [-0.39, 0.29) is 22.7 Å². The van der Waals surface area contributed by atoms with Gasteiger partial charge in [0.25, 0.3) is 0 Å². The van der Waals surface area contributed by atoms with Crippen LogP contribution in [0.5, 0.6) is 0 Å². The maximum absolute atomic E-state index is 13.6. The molecule has 0 aliphatic carbocycles. The summed E-state index contributed by atoms with van der Waals surface area (Å²) in [5.74, 6) is -0.843. The molecule has 5 nitrogen and oxygen atoms in total. The molecule has 0 aliphatic heterocycles. The van der Waals surface area contributed by atoms with E-state index < -0.39 is 5.82 Å². The number of nitrogen functional groups attached to an aromatic ring is 1. The molecule has 0 aliphatic rings. The van der Waals surface area contributed by atoms with E-state index in [1.54, 1.807) is 6.07 Å². The van der Waals surface area contributed by atoms with Crippen LogP contribution in [0, 0.1) is 12.7 Å². The van der Waals surface area contributed by atoms with Crippen LogP contribution in [-0.4, -0.2) is 21.0 Å². The average Bonchev–Trinajstić information content (AvgIpc) is 2.93. The molecule has 3 aromatic rings. The summed E-state index contributed by atoms with van der Waals surface area (Å²) < 4.78 is 14.2. The molecule has 3 N–H and O–H groups in total. The van der Waals surface area contributed by atoms with Gasteiger partial charge in [-0.2, -0.15) is 5.10 Å². The highest BCUT2D eigenvalue weighted by atomic mass is 79.9. The minimum atomic E-state index is -0.468. The third-order valence-corrected chi connectivity index (χ3v) is 4.01. The Labute approximate surface area is 127 Å². The second-order valence-electron chi connectivity index (χ2n) is 4.62. The number of anilines is 1. The fourth-order valence-corrected chi connectivity index (χ4v) is 2.41. The number of hydrogen-bond acceptors (Lipinski definition) is 4. The smallest absolute Gasteiger partial charge is 0.214 e. The summed E-state index contributed by atoms with van der Waals surface area (Å²) >= 11 is 3.28. The molecule has 7 heteroatoms. The SMILES string of the molecule is Cc1cc(N)c(C(=O)c2ccc(F)c3[nH]ncc23)nc1Br. The molecule has 0 saturated heterocycles. The predicted octanol–water partition coefficient (Wildman–Crippen LogP) is 2.98. The van der Waals surface area contributed by atoms with Crippen molar-refractivity contribution in [3.8, 4) is 0 Å². The van der Waals surface area contributed by atoms with E-state index in [0.29, 0.717) is 15.6 Å². The fraction of sp³-hybridized carbons (Fsp3) is 0.0714. The van der Waals surface area contributed by atoms with Gasteiger partial charge in [0, 0.05) is 10.9 Å². The Bertz CT molecular complexity index is 875. The van der Waals surface area contributed by atoms with E-state index in [9.17, 15) is 9.18 Å². The number of hydrogen-bond donors (Lipinski definition) is 2. The highest BCUT2D eigenvalue weighted by molar-refractivity contribution is 9.10. The van der Waals surface area contributed by atoms with Gasteiger partial charge in [0.1, 0.15) is 21.6 Å². The van der Waals surface area contributed by atoms with E-state index in [2.05, 4.69) is 31.1 Å². The molecule has 3 rings (SSSR count). The van der Waals surface area contributed by atoms with Gasteiger partial charge in [-0.3, -0.25) is 9.89 Å². The normalized spacial score (nSPS) is 11.0. The van der Waals surface area contributed by atoms with Gasteiger partial charge in [-0.05, 0) is 46.6 Å². The zero-order chi connectivity index (χ0) is 15.1. The Morgan fingerprint density at radius 2 is 2.19 bits per heavy atom. The largest absolute Gasteiger partial charge is 0.397 e. The second-order valence-corrected chi connectivity index (χ2v) is 5.37. The summed E-state index contributed by atoms with van der Waals surface area (Å²) in [6.45, 7) is 1.83. The summed E-state index contributed by atoms with van der Waals surface area (Å²) in [6, 6.07) is 4.29. The molecule has 0 spiro atoms. The van der Waals surface area contributed by atoms with Gasteiger partial charge in [0.05, 0.1) is 11.9 Å². The van der Waals surface area contributed by atoms with E-state index >= 15 is 0 Å². The van der Waals surface area contributed by atoms with E-state index in [0.717, 1.165) is 5.56 Å². The standard InChI is InChI=1S/C14H10BrFN4O/c1-6-4-10(17)12(19-14(6)15)13(21)7-2-3-9(16)11-8(7)5-18-20-11/h2-5H,17H2,1H3,(H,18,20). The van der Waals surface area contributed by atoms with Gasteiger partial charge in [0.2, 0.25) is 5.78 Å². The number of rotatable bonds is 2. The molecule has 1 aromatic carbocycles. The van der Waals surface area contributed by atoms with Crippen LogP contribution in [-0.2, 0) is 0 Å². The summed E-state index contributed by atoms with van der Waals surface area (Å²) in [5.41, 5.74) is 7.60. The summed E-state index contributed by atoms with van der Waals surface area (Å²) in [5, 5.41) is 6.71. The average molecular weight is 349 g/mol. The Morgan fingerprint density at radius 3 is 2.95 bits per heavy atom. The van der Waals surface area contributed by atoms with Crippen LogP contribution >= 0.6 is 15.9 Å². The van der Waals surface area contributed by atoms with Crippen LogP contribution in [0.1, 0.15) is 21.6 Å². The summed E-state index contributed by atoms with van der Waals surface area (Å²) in [6.07, 6.45) is 1.41. The van der Waals surface area contributed by atoms with Crippen LogP contribution < -0.4 is 5.73 Å². The Morgan fingerprint density at radius 1 is 1.43 bits per heavy atom. The molecule has 2 heterocycles. The molecule has 0 unspecified atom stereocenters. The molecule has 0 amide bonds. The molecule has 0 saturated carbocycles. The number of nitrogens with one attached hydrogen (secondary N) is 1. The Hall–Kier alpha value is -2.28. The number of aromatic nitrogens is 3. The van der Waals surface area contributed by atoms with Crippen LogP contribution in [0.25, 0.3) is 10.9 Å². The van der Waals surface area contributed by atoms with Crippen molar-refractivity contribution in [2.24, 2.45) is 0 Å². The monoisotopic (exact) mass is 348 g/mol. The van der Waals surface area contributed by atoms with E-state index in [1.165, 1.54) is 18.3 Å². The molecular weight excluding hydrogens is 339 g/mol. The lowest BCUT2D eigenvalue weighted by atomic mass is 10.0. The van der Waals surface area contributed by atoms with E-state index in [1.807, 2.05) is 6.92 Å². The quantitative estimate of drug-likeness (QED) is 0.550. The molecular formula is C14H10BrFN4O. The third-order valence-electron chi connectivity index (χ3n) is 3.21. The van der Waals surface area contributed by atoms with Gasteiger partial charge in [-0.25, -0.2) is 9.37 Å². The predicted molar refractivity (Wildman–Crippen MR) is 80.6 cm³/mol. The van der Waals surface area contributed by atoms with Crippen molar-refractivity contribution in [1.29, 1.82) is 0 Å². The fourth-order valence-electron chi connectivity index (χ4n) is 2.12. The molecule has 0 bridgehead atoms. The second kappa shape index (κ2) is 4.92. The Balaban J connectivity index is 2.20. The van der Waals surface area contributed by atoms with Gasteiger partial charge < -0.3 is 5.73 Å². The lowest BCUT2D eigenvalue weighted by Gasteiger charge is -2.08. The van der Waals surface area contributed by atoms with Crippen LogP contribution in [0.15, 0.2) is 29.0 Å².